The Hall–Kier alpha value is -2.19. The van der Waals surface area contributed by atoms with Gasteiger partial charge in [0.1, 0.15) is 12.4 Å². The molecule has 5 nitrogen and oxygen atoms in total. The van der Waals surface area contributed by atoms with E-state index in [1.165, 1.54) is 0 Å². The summed E-state index contributed by atoms with van der Waals surface area (Å²) < 4.78 is 51.1. The number of carbonyl (C=O) groups is 1. The molecule has 0 heterocycles. The van der Waals surface area contributed by atoms with Gasteiger partial charge in [-0.1, -0.05) is 0 Å². The van der Waals surface area contributed by atoms with Crippen LogP contribution in [0.15, 0.2) is 18.2 Å². The molecule has 9 heteroatoms. The van der Waals surface area contributed by atoms with Gasteiger partial charge in [0.15, 0.2) is 0 Å². The van der Waals surface area contributed by atoms with Crippen LogP contribution < -0.4 is 0 Å². The van der Waals surface area contributed by atoms with Gasteiger partial charge in [-0.25, -0.2) is 4.39 Å². The minimum absolute atomic E-state index is 0.401. The standard InChI is InChI=1S/C12H10F4N2O3/c13-10-4-3-8(18(20)21)5-9(10)11(19)17(7-1-2-7)6-12(14,15)16/h3-5,7H,1-2,6H2. The van der Waals surface area contributed by atoms with Crippen LogP contribution in [0.2, 0.25) is 0 Å². The molecule has 1 aliphatic carbocycles. The highest BCUT2D eigenvalue weighted by Gasteiger charge is 2.41. The third kappa shape index (κ3) is 3.67. The fourth-order valence-corrected chi connectivity index (χ4v) is 1.89. The highest BCUT2D eigenvalue weighted by Crippen LogP contribution is 2.32. The summed E-state index contributed by atoms with van der Waals surface area (Å²) in [5.74, 6) is -2.27. The molecular weight excluding hydrogens is 296 g/mol. The highest BCUT2D eigenvalue weighted by atomic mass is 19.4. The van der Waals surface area contributed by atoms with E-state index in [9.17, 15) is 32.5 Å². The fourth-order valence-electron chi connectivity index (χ4n) is 1.89. The van der Waals surface area contributed by atoms with Gasteiger partial charge in [-0.05, 0) is 18.9 Å². The van der Waals surface area contributed by atoms with Crippen molar-refractivity contribution in [3.8, 4) is 0 Å². The fraction of sp³-hybridized carbons (Fsp3) is 0.417. The van der Waals surface area contributed by atoms with Gasteiger partial charge in [-0.2, -0.15) is 13.2 Å². The van der Waals surface area contributed by atoms with Crippen LogP contribution in [0.3, 0.4) is 0 Å². The number of halogens is 4. The van der Waals surface area contributed by atoms with Gasteiger partial charge in [-0.15, -0.1) is 0 Å². The Morgan fingerprint density at radius 2 is 2.00 bits per heavy atom. The molecule has 0 radical (unpaired) electrons. The lowest BCUT2D eigenvalue weighted by atomic mass is 10.1. The average molecular weight is 306 g/mol. The van der Waals surface area contributed by atoms with Crippen molar-refractivity contribution in [2.45, 2.75) is 25.1 Å². The van der Waals surface area contributed by atoms with Crippen LogP contribution >= 0.6 is 0 Å². The van der Waals surface area contributed by atoms with E-state index in [2.05, 4.69) is 0 Å². The van der Waals surface area contributed by atoms with Crippen LogP contribution in [0.4, 0.5) is 23.2 Å². The molecule has 1 saturated carbocycles. The summed E-state index contributed by atoms with van der Waals surface area (Å²) in [4.78, 5) is 22.3. The van der Waals surface area contributed by atoms with Crippen molar-refractivity contribution < 1.29 is 27.3 Å². The number of nitro benzene ring substituents is 1. The second kappa shape index (κ2) is 5.30. The molecule has 2 rings (SSSR count). The molecule has 1 aromatic carbocycles. The predicted octanol–water partition coefficient (Wildman–Crippen LogP) is 2.90. The van der Waals surface area contributed by atoms with E-state index >= 15 is 0 Å². The maximum absolute atomic E-state index is 13.6. The Morgan fingerprint density at radius 1 is 1.38 bits per heavy atom. The third-order valence-electron chi connectivity index (χ3n) is 2.99. The lowest BCUT2D eigenvalue weighted by Gasteiger charge is -2.23. The summed E-state index contributed by atoms with van der Waals surface area (Å²) >= 11 is 0. The molecule has 1 fully saturated rings. The molecular formula is C12H10F4N2O3. The second-order valence-electron chi connectivity index (χ2n) is 4.70. The largest absolute Gasteiger partial charge is 0.406 e. The zero-order valence-corrected chi connectivity index (χ0v) is 10.6. The first-order valence-corrected chi connectivity index (χ1v) is 6.00. The summed E-state index contributed by atoms with van der Waals surface area (Å²) in [6.45, 7) is -1.50. The Morgan fingerprint density at radius 3 is 2.48 bits per heavy atom. The minimum Gasteiger partial charge on any atom is -0.326 e. The Labute approximate surface area is 116 Å². The number of alkyl halides is 3. The van der Waals surface area contributed by atoms with E-state index in [1.54, 1.807) is 0 Å². The van der Waals surface area contributed by atoms with Crippen molar-refractivity contribution in [3.05, 3.63) is 39.7 Å². The third-order valence-corrected chi connectivity index (χ3v) is 2.99. The highest BCUT2D eigenvalue weighted by molar-refractivity contribution is 5.95. The number of carbonyl (C=O) groups excluding carboxylic acids is 1. The quantitative estimate of drug-likeness (QED) is 0.488. The summed E-state index contributed by atoms with van der Waals surface area (Å²) in [6.07, 6.45) is -3.81. The van der Waals surface area contributed by atoms with Crippen LogP contribution in [0.25, 0.3) is 0 Å². The Balaban J connectivity index is 2.32. The van der Waals surface area contributed by atoms with Crippen molar-refractivity contribution in [1.29, 1.82) is 0 Å². The molecule has 0 aromatic heterocycles. The van der Waals surface area contributed by atoms with Crippen LogP contribution in [-0.4, -0.2) is 34.5 Å². The van der Waals surface area contributed by atoms with Crippen LogP contribution in [0, 0.1) is 15.9 Å². The van der Waals surface area contributed by atoms with Crippen LogP contribution in [0.1, 0.15) is 23.2 Å². The Bertz CT molecular complexity index is 584. The number of benzene rings is 1. The zero-order valence-electron chi connectivity index (χ0n) is 10.6. The van der Waals surface area contributed by atoms with Crippen LogP contribution in [-0.2, 0) is 0 Å². The number of hydrogen-bond donors (Lipinski definition) is 0. The first kappa shape index (κ1) is 15.2. The van der Waals surface area contributed by atoms with E-state index in [0.717, 1.165) is 6.07 Å². The number of nitro groups is 1. The van der Waals surface area contributed by atoms with Gasteiger partial charge >= 0.3 is 6.18 Å². The predicted molar refractivity (Wildman–Crippen MR) is 63.2 cm³/mol. The lowest BCUT2D eigenvalue weighted by molar-refractivity contribution is -0.384. The second-order valence-corrected chi connectivity index (χ2v) is 4.70. The molecule has 114 valence electrons. The lowest BCUT2D eigenvalue weighted by Crippen LogP contribution is -2.40. The van der Waals surface area contributed by atoms with E-state index < -0.39 is 46.7 Å². The van der Waals surface area contributed by atoms with Crippen molar-refractivity contribution in [2.75, 3.05) is 6.54 Å². The van der Waals surface area contributed by atoms with Gasteiger partial charge in [0.05, 0.1) is 10.5 Å². The van der Waals surface area contributed by atoms with Crippen molar-refractivity contribution >= 4 is 11.6 Å². The van der Waals surface area contributed by atoms with Crippen molar-refractivity contribution in [3.63, 3.8) is 0 Å². The van der Waals surface area contributed by atoms with Gasteiger partial charge < -0.3 is 4.90 Å². The van der Waals surface area contributed by atoms with E-state index in [4.69, 9.17) is 0 Å². The SMILES string of the molecule is O=C(c1cc([N+](=O)[O-])ccc1F)N(CC(F)(F)F)C1CC1. The molecule has 0 unspecified atom stereocenters. The maximum atomic E-state index is 13.6. The summed E-state index contributed by atoms with van der Waals surface area (Å²) in [7, 11) is 0. The molecule has 1 aliphatic rings. The van der Waals surface area contributed by atoms with Gasteiger partial charge in [0.2, 0.25) is 0 Å². The van der Waals surface area contributed by atoms with E-state index in [-0.39, 0.29) is 0 Å². The number of non-ortho nitro benzene ring substituents is 1. The molecule has 0 N–H and O–H groups in total. The number of hydrogen-bond acceptors (Lipinski definition) is 3. The molecule has 0 bridgehead atoms. The molecule has 0 spiro atoms. The van der Waals surface area contributed by atoms with Crippen molar-refractivity contribution in [1.82, 2.24) is 4.90 Å². The summed E-state index contributed by atoms with van der Waals surface area (Å²) in [5.41, 5.74) is -1.28. The molecule has 0 aliphatic heterocycles. The first-order chi connectivity index (χ1) is 9.69. The molecule has 0 saturated heterocycles. The summed E-state index contributed by atoms with van der Waals surface area (Å²) in [5, 5.41) is 10.6. The Kier molecular flexibility index (Phi) is 3.84. The zero-order chi connectivity index (χ0) is 15.8. The first-order valence-electron chi connectivity index (χ1n) is 6.00. The van der Waals surface area contributed by atoms with E-state index in [0.29, 0.717) is 29.9 Å². The topological polar surface area (TPSA) is 63.4 Å². The average Bonchev–Trinajstić information content (AvgIpc) is 3.18. The van der Waals surface area contributed by atoms with Gasteiger partial charge in [0, 0.05) is 18.2 Å². The normalized spacial score (nSPS) is 14.9. The van der Waals surface area contributed by atoms with Gasteiger partial charge in [0.25, 0.3) is 11.6 Å². The monoisotopic (exact) mass is 306 g/mol. The smallest absolute Gasteiger partial charge is 0.326 e. The number of rotatable bonds is 4. The van der Waals surface area contributed by atoms with Crippen molar-refractivity contribution in [2.24, 2.45) is 0 Å². The number of nitrogens with zero attached hydrogens (tertiary/aromatic N) is 2. The molecule has 1 aromatic rings. The van der Waals surface area contributed by atoms with Gasteiger partial charge in [-0.3, -0.25) is 14.9 Å². The number of amides is 1. The maximum Gasteiger partial charge on any atom is 0.406 e. The minimum atomic E-state index is -4.62. The summed E-state index contributed by atoms with van der Waals surface area (Å²) in [6, 6.07) is 1.60. The molecule has 21 heavy (non-hydrogen) atoms. The van der Waals surface area contributed by atoms with Crippen LogP contribution in [0.5, 0.6) is 0 Å². The molecule has 1 amide bonds. The molecule has 0 atom stereocenters. The van der Waals surface area contributed by atoms with E-state index in [1.807, 2.05) is 0 Å².